The highest BCUT2D eigenvalue weighted by Gasteiger charge is 2.27. The van der Waals surface area contributed by atoms with Gasteiger partial charge in [0.25, 0.3) is 0 Å². The SMILES string of the molecule is O=C1CCCN1CCC1CCCCN1Cc1cc(C2CCCCC2)no1. The molecule has 2 saturated heterocycles. The van der Waals surface area contributed by atoms with Crippen molar-refractivity contribution in [2.45, 2.75) is 89.1 Å². The van der Waals surface area contributed by atoms with Crippen LogP contribution in [0.25, 0.3) is 0 Å². The fraction of sp³-hybridized carbons (Fsp3) is 0.810. The second-order valence-corrected chi connectivity index (χ2v) is 8.45. The van der Waals surface area contributed by atoms with Crippen LogP contribution in [0.3, 0.4) is 0 Å². The number of aromatic nitrogens is 1. The van der Waals surface area contributed by atoms with E-state index < -0.39 is 0 Å². The van der Waals surface area contributed by atoms with Crippen LogP contribution in [0, 0.1) is 0 Å². The van der Waals surface area contributed by atoms with Gasteiger partial charge in [-0.25, -0.2) is 0 Å². The molecule has 1 unspecified atom stereocenters. The van der Waals surface area contributed by atoms with Gasteiger partial charge in [-0.05, 0) is 45.1 Å². The van der Waals surface area contributed by atoms with Gasteiger partial charge in [0.15, 0.2) is 5.76 Å². The summed E-state index contributed by atoms with van der Waals surface area (Å²) in [6.45, 7) is 3.89. The molecule has 1 amide bonds. The molecule has 1 aromatic heterocycles. The Morgan fingerprint density at radius 2 is 1.88 bits per heavy atom. The molecule has 3 aliphatic rings. The van der Waals surface area contributed by atoms with E-state index in [2.05, 4.69) is 21.0 Å². The zero-order chi connectivity index (χ0) is 17.8. The van der Waals surface area contributed by atoms with Gasteiger partial charge in [0, 0.05) is 37.5 Å². The van der Waals surface area contributed by atoms with Crippen LogP contribution in [0.4, 0.5) is 0 Å². The van der Waals surface area contributed by atoms with E-state index in [0.717, 1.165) is 51.2 Å². The van der Waals surface area contributed by atoms with Crippen molar-refractivity contribution >= 4 is 5.91 Å². The van der Waals surface area contributed by atoms with Crippen molar-refractivity contribution < 1.29 is 9.32 Å². The number of likely N-dealkylation sites (tertiary alicyclic amines) is 2. The molecule has 1 atom stereocenters. The molecule has 0 radical (unpaired) electrons. The molecule has 1 aliphatic carbocycles. The highest BCUT2D eigenvalue weighted by molar-refractivity contribution is 5.77. The van der Waals surface area contributed by atoms with Crippen LogP contribution in [0.5, 0.6) is 0 Å². The fourth-order valence-electron chi connectivity index (χ4n) is 5.03. The Morgan fingerprint density at radius 1 is 1.04 bits per heavy atom. The minimum Gasteiger partial charge on any atom is -0.360 e. The van der Waals surface area contributed by atoms with Crippen LogP contribution in [0.1, 0.15) is 88.0 Å². The van der Waals surface area contributed by atoms with Gasteiger partial charge in [-0.2, -0.15) is 0 Å². The predicted octanol–water partition coefficient (Wildman–Crippen LogP) is 4.09. The molecular formula is C21H33N3O2. The predicted molar refractivity (Wildman–Crippen MR) is 101 cm³/mol. The zero-order valence-electron chi connectivity index (χ0n) is 16.0. The summed E-state index contributed by atoms with van der Waals surface area (Å²) in [4.78, 5) is 16.5. The van der Waals surface area contributed by atoms with Crippen molar-refractivity contribution in [3.8, 4) is 0 Å². The van der Waals surface area contributed by atoms with E-state index in [1.165, 1.54) is 57.1 Å². The van der Waals surface area contributed by atoms with Crippen molar-refractivity contribution in [1.29, 1.82) is 0 Å². The minimum absolute atomic E-state index is 0.347. The Morgan fingerprint density at radius 3 is 2.69 bits per heavy atom. The lowest BCUT2D eigenvalue weighted by molar-refractivity contribution is -0.127. The van der Waals surface area contributed by atoms with Crippen LogP contribution >= 0.6 is 0 Å². The van der Waals surface area contributed by atoms with E-state index in [0.29, 0.717) is 17.9 Å². The topological polar surface area (TPSA) is 49.6 Å². The summed E-state index contributed by atoms with van der Waals surface area (Å²) >= 11 is 0. The Balaban J connectivity index is 1.33. The number of nitrogens with zero attached hydrogens (tertiary/aromatic N) is 3. The summed E-state index contributed by atoms with van der Waals surface area (Å²) in [6, 6.07) is 2.78. The molecule has 4 rings (SSSR count). The van der Waals surface area contributed by atoms with Crippen molar-refractivity contribution in [2.24, 2.45) is 0 Å². The van der Waals surface area contributed by atoms with Crippen LogP contribution in [0.15, 0.2) is 10.6 Å². The van der Waals surface area contributed by atoms with Crippen molar-refractivity contribution in [3.05, 3.63) is 17.5 Å². The largest absolute Gasteiger partial charge is 0.360 e. The molecule has 5 heteroatoms. The van der Waals surface area contributed by atoms with E-state index in [1.807, 2.05) is 0 Å². The molecular weight excluding hydrogens is 326 g/mol. The second kappa shape index (κ2) is 8.55. The molecule has 0 N–H and O–H groups in total. The fourth-order valence-corrected chi connectivity index (χ4v) is 5.03. The lowest BCUT2D eigenvalue weighted by atomic mass is 9.87. The molecule has 0 bridgehead atoms. The molecule has 2 aliphatic heterocycles. The maximum atomic E-state index is 11.9. The lowest BCUT2D eigenvalue weighted by Crippen LogP contribution is -2.41. The summed E-state index contributed by atoms with van der Waals surface area (Å²) in [5, 5.41) is 4.39. The van der Waals surface area contributed by atoms with Gasteiger partial charge in [-0.1, -0.05) is 30.8 Å². The smallest absolute Gasteiger partial charge is 0.222 e. The van der Waals surface area contributed by atoms with E-state index in [9.17, 15) is 4.79 Å². The van der Waals surface area contributed by atoms with Gasteiger partial charge < -0.3 is 9.42 Å². The Bertz CT molecular complexity index is 594. The normalized spacial score (nSPS) is 25.9. The number of hydrogen-bond acceptors (Lipinski definition) is 4. The first kappa shape index (κ1) is 18.0. The van der Waals surface area contributed by atoms with Crippen LogP contribution in [0.2, 0.25) is 0 Å². The summed E-state index contributed by atoms with van der Waals surface area (Å²) < 4.78 is 5.71. The molecule has 0 aromatic carbocycles. The minimum atomic E-state index is 0.347. The third-order valence-electron chi connectivity index (χ3n) is 6.61. The third kappa shape index (κ3) is 4.30. The molecule has 1 saturated carbocycles. The second-order valence-electron chi connectivity index (χ2n) is 8.45. The first-order valence-corrected chi connectivity index (χ1v) is 10.8. The molecule has 5 nitrogen and oxygen atoms in total. The molecule has 0 spiro atoms. The van der Waals surface area contributed by atoms with E-state index in [4.69, 9.17) is 4.52 Å². The van der Waals surface area contributed by atoms with Crippen LogP contribution in [-0.2, 0) is 11.3 Å². The first-order chi connectivity index (χ1) is 12.8. The molecule has 3 fully saturated rings. The van der Waals surface area contributed by atoms with Gasteiger partial charge >= 0.3 is 0 Å². The van der Waals surface area contributed by atoms with E-state index in [-0.39, 0.29) is 0 Å². The molecule has 1 aromatic rings. The molecule has 26 heavy (non-hydrogen) atoms. The summed E-state index contributed by atoms with van der Waals surface area (Å²) in [5.74, 6) is 1.98. The highest BCUT2D eigenvalue weighted by atomic mass is 16.5. The first-order valence-electron chi connectivity index (χ1n) is 10.8. The number of carbonyl (C=O) groups excluding carboxylic acids is 1. The maximum absolute atomic E-state index is 11.9. The summed E-state index contributed by atoms with van der Waals surface area (Å²) in [5.41, 5.74) is 1.18. The van der Waals surface area contributed by atoms with Crippen molar-refractivity contribution in [2.75, 3.05) is 19.6 Å². The number of amides is 1. The van der Waals surface area contributed by atoms with Gasteiger partial charge in [-0.15, -0.1) is 0 Å². The standard InChI is InChI=1S/C21H33N3O2/c25-21-10-6-13-23(21)14-11-18-9-4-5-12-24(18)16-19-15-20(22-26-19)17-7-2-1-3-8-17/h15,17-18H,1-14,16H2. The summed E-state index contributed by atoms with van der Waals surface area (Å²) in [7, 11) is 0. The quantitative estimate of drug-likeness (QED) is 0.768. The third-order valence-corrected chi connectivity index (χ3v) is 6.61. The zero-order valence-corrected chi connectivity index (χ0v) is 16.0. The van der Waals surface area contributed by atoms with Gasteiger partial charge in [0.1, 0.15) is 0 Å². The monoisotopic (exact) mass is 359 g/mol. The molecule has 144 valence electrons. The Hall–Kier alpha value is -1.36. The van der Waals surface area contributed by atoms with Crippen LogP contribution in [-0.4, -0.2) is 46.5 Å². The average molecular weight is 360 g/mol. The number of carbonyl (C=O) groups is 1. The van der Waals surface area contributed by atoms with Crippen LogP contribution < -0.4 is 0 Å². The van der Waals surface area contributed by atoms with Crippen molar-refractivity contribution in [3.63, 3.8) is 0 Å². The number of rotatable bonds is 6. The van der Waals surface area contributed by atoms with Gasteiger partial charge in [-0.3, -0.25) is 9.69 Å². The Kier molecular flexibility index (Phi) is 5.93. The Labute approximate surface area is 157 Å². The maximum Gasteiger partial charge on any atom is 0.222 e. The number of hydrogen-bond donors (Lipinski definition) is 0. The molecule has 3 heterocycles. The summed E-state index contributed by atoms with van der Waals surface area (Å²) in [6.07, 6.45) is 13.3. The lowest BCUT2D eigenvalue weighted by Gasteiger charge is -2.35. The highest BCUT2D eigenvalue weighted by Crippen LogP contribution is 2.32. The van der Waals surface area contributed by atoms with E-state index >= 15 is 0 Å². The number of piperidine rings is 1. The van der Waals surface area contributed by atoms with Gasteiger partial charge in [0.05, 0.1) is 12.2 Å². The van der Waals surface area contributed by atoms with Crippen molar-refractivity contribution in [1.82, 2.24) is 15.0 Å². The van der Waals surface area contributed by atoms with E-state index in [1.54, 1.807) is 0 Å². The van der Waals surface area contributed by atoms with Gasteiger partial charge in [0.2, 0.25) is 5.91 Å². The average Bonchev–Trinajstić information content (AvgIpc) is 3.31.